The molecule has 1 aliphatic carbocycles. The molecule has 0 bridgehead atoms. The first-order valence-electron chi connectivity index (χ1n) is 7.85. The van der Waals surface area contributed by atoms with Crippen molar-refractivity contribution < 1.29 is 22.7 Å². The molecule has 4 nitrogen and oxygen atoms in total. The maximum atomic E-state index is 12.8. The zero-order chi connectivity index (χ0) is 17.3. The largest absolute Gasteiger partial charge is 0.416 e. The van der Waals surface area contributed by atoms with Crippen LogP contribution in [-0.2, 0) is 15.7 Å². The summed E-state index contributed by atoms with van der Waals surface area (Å²) < 4.78 is 43.5. The summed E-state index contributed by atoms with van der Waals surface area (Å²) in [5, 5.41) is 11.9. The van der Waals surface area contributed by atoms with Gasteiger partial charge in [0.15, 0.2) is 0 Å². The Kier molecular flexibility index (Phi) is 4.50. The monoisotopic (exact) mass is 338 g/mol. The fourth-order valence-electron chi connectivity index (χ4n) is 3.13. The molecule has 3 rings (SSSR count). The van der Waals surface area contributed by atoms with Crippen LogP contribution in [-0.4, -0.2) is 25.2 Å². The smallest absolute Gasteiger partial charge is 0.381 e. The highest BCUT2D eigenvalue weighted by Gasteiger charge is 2.45. The lowest BCUT2D eigenvalue weighted by Crippen LogP contribution is -2.40. The van der Waals surface area contributed by atoms with Gasteiger partial charge in [-0.3, -0.25) is 4.79 Å². The van der Waals surface area contributed by atoms with Crippen LogP contribution in [0.2, 0.25) is 0 Å². The Morgan fingerprint density at radius 2 is 2.21 bits per heavy atom. The summed E-state index contributed by atoms with van der Waals surface area (Å²) in [6, 6.07) is 6.57. The second-order valence-corrected chi connectivity index (χ2v) is 6.31. The summed E-state index contributed by atoms with van der Waals surface area (Å²) in [7, 11) is 0. The first-order valence-corrected chi connectivity index (χ1v) is 7.85. The van der Waals surface area contributed by atoms with Gasteiger partial charge in [0.1, 0.15) is 6.04 Å². The summed E-state index contributed by atoms with van der Waals surface area (Å²) in [6.07, 6.45) is -3.16. The molecule has 1 aliphatic heterocycles. The average Bonchev–Trinajstić information content (AvgIpc) is 3.18. The van der Waals surface area contributed by atoms with Crippen LogP contribution in [0.3, 0.4) is 0 Å². The molecule has 0 spiro atoms. The van der Waals surface area contributed by atoms with Gasteiger partial charge in [-0.25, -0.2) is 0 Å². The van der Waals surface area contributed by atoms with Crippen molar-refractivity contribution in [3.63, 3.8) is 0 Å². The van der Waals surface area contributed by atoms with Crippen LogP contribution in [0.15, 0.2) is 24.3 Å². The topological polar surface area (TPSA) is 62.1 Å². The van der Waals surface area contributed by atoms with Gasteiger partial charge in [0.05, 0.1) is 18.2 Å². The predicted molar refractivity (Wildman–Crippen MR) is 78.8 cm³/mol. The summed E-state index contributed by atoms with van der Waals surface area (Å²) >= 11 is 0. The lowest BCUT2D eigenvalue weighted by atomic mass is 10.00. The molecule has 7 heteroatoms. The molecule has 128 valence electrons. The summed E-state index contributed by atoms with van der Waals surface area (Å²) in [5.74, 6) is -0.876. The summed E-state index contributed by atoms with van der Waals surface area (Å²) in [5.41, 5.74) is -0.188. The number of amides is 1. The molecule has 1 N–H and O–H groups in total. The Morgan fingerprint density at radius 1 is 1.42 bits per heavy atom. The Labute approximate surface area is 137 Å². The number of rotatable bonds is 4. The van der Waals surface area contributed by atoms with Crippen molar-refractivity contribution in [1.29, 1.82) is 5.26 Å². The molecule has 1 saturated carbocycles. The molecule has 0 aromatic heterocycles. The number of ether oxygens (including phenoxy) is 1. The highest BCUT2D eigenvalue weighted by molar-refractivity contribution is 5.83. The average molecular weight is 338 g/mol. The van der Waals surface area contributed by atoms with Crippen LogP contribution in [0.4, 0.5) is 13.2 Å². The fraction of sp³-hybridized carbons (Fsp3) is 0.529. The van der Waals surface area contributed by atoms with Crippen molar-refractivity contribution >= 4 is 5.91 Å². The van der Waals surface area contributed by atoms with Gasteiger partial charge in [-0.2, -0.15) is 18.4 Å². The SMILES string of the molecule is N#C[C@H](NC(=O)[C@@H]1C[C@H]1c1cccc(C(F)(F)F)c1)[C@@H]1CCOC1. The lowest BCUT2D eigenvalue weighted by Gasteiger charge is -2.16. The standard InChI is InChI=1S/C17H17F3N2O2/c18-17(19,20)12-3-1-2-10(6-12)13-7-14(13)16(23)22-15(8-21)11-4-5-24-9-11/h1-3,6,11,13-15H,4-5,7,9H2,(H,22,23)/t11-,13+,14-,15+/m1/s1. The highest BCUT2D eigenvalue weighted by atomic mass is 19.4. The third kappa shape index (κ3) is 3.54. The van der Waals surface area contributed by atoms with Gasteiger partial charge in [-0.1, -0.05) is 18.2 Å². The number of hydrogen-bond donors (Lipinski definition) is 1. The maximum Gasteiger partial charge on any atom is 0.416 e. The van der Waals surface area contributed by atoms with E-state index in [9.17, 15) is 23.2 Å². The number of benzene rings is 1. The first kappa shape index (κ1) is 16.8. The van der Waals surface area contributed by atoms with Crippen LogP contribution in [0, 0.1) is 23.2 Å². The van der Waals surface area contributed by atoms with Gasteiger partial charge in [0, 0.05) is 18.4 Å². The number of hydrogen-bond acceptors (Lipinski definition) is 3. The molecule has 24 heavy (non-hydrogen) atoms. The normalized spacial score (nSPS) is 27.3. The van der Waals surface area contributed by atoms with E-state index in [0.29, 0.717) is 25.2 Å². The summed E-state index contributed by atoms with van der Waals surface area (Å²) in [4.78, 5) is 12.3. The quantitative estimate of drug-likeness (QED) is 0.918. The van der Waals surface area contributed by atoms with Crippen molar-refractivity contribution in [2.45, 2.75) is 31.0 Å². The first-order chi connectivity index (χ1) is 11.4. The Balaban J connectivity index is 1.62. The van der Waals surface area contributed by atoms with E-state index in [1.54, 1.807) is 6.07 Å². The van der Waals surface area contributed by atoms with Crippen LogP contribution in [0.5, 0.6) is 0 Å². The molecule has 0 unspecified atom stereocenters. The van der Waals surface area contributed by atoms with E-state index in [1.807, 2.05) is 0 Å². The van der Waals surface area contributed by atoms with Crippen molar-refractivity contribution in [3.8, 4) is 6.07 Å². The molecule has 4 atom stereocenters. The number of nitriles is 1. The zero-order valence-corrected chi connectivity index (χ0v) is 12.8. The number of nitrogens with one attached hydrogen (secondary N) is 1. The maximum absolute atomic E-state index is 12.8. The molecule has 1 heterocycles. The minimum absolute atomic E-state index is 0.0234. The number of alkyl halides is 3. The number of halogens is 3. The predicted octanol–water partition coefficient (Wildman–Crippen LogP) is 2.85. The van der Waals surface area contributed by atoms with E-state index in [0.717, 1.165) is 18.6 Å². The minimum atomic E-state index is -4.39. The Bertz CT molecular complexity index is 663. The Hall–Kier alpha value is -2.07. The number of nitrogens with zero attached hydrogens (tertiary/aromatic N) is 1. The minimum Gasteiger partial charge on any atom is -0.381 e. The van der Waals surface area contributed by atoms with Crippen LogP contribution < -0.4 is 5.32 Å². The van der Waals surface area contributed by atoms with Gasteiger partial charge >= 0.3 is 6.18 Å². The number of carbonyl (C=O) groups excluding carboxylic acids is 1. The second-order valence-electron chi connectivity index (χ2n) is 6.31. The van der Waals surface area contributed by atoms with Gasteiger partial charge in [-0.15, -0.1) is 0 Å². The van der Waals surface area contributed by atoms with Gasteiger partial charge in [0.2, 0.25) is 5.91 Å². The van der Waals surface area contributed by atoms with E-state index in [1.165, 1.54) is 6.07 Å². The van der Waals surface area contributed by atoms with E-state index in [4.69, 9.17) is 4.74 Å². The highest BCUT2D eigenvalue weighted by Crippen LogP contribution is 2.48. The van der Waals surface area contributed by atoms with E-state index >= 15 is 0 Å². The Morgan fingerprint density at radius 3 is 2.83 bits per heavy atom. The van der Waals surface area contributed by atoms with Crippen molar-refractivity contribution in [2.75, 3.05) is 13.2 Å². The molecular formula is C17H17F3N2O2. The van der Waals surface area contributed by atoms with Gasteiger partial charge in [-0.05, 0) is 30.4 Å². The number of carbonyl (C=O) groups is 1. The van der Waals surface area contributed by atoms with Crippen molar-refractivity contribution in [3.05, 3.63) is 35.4 Å². The molecular weight excluding hydrogens is 321 g/mol. The second kappa shape index (κ2) is 6.44. The molecule has 1 amide bonds. The van der Waals surface area contributed by atoms with Gasteiger partial charge < -0.3 is 10.1 Å². The van der Waals surface area contributed by atoms with Gasteiger partial charge in [0.25, 0.3) is 0 Å². The summed E-state index contributed by atoms with van der Waals surface area (Å²) in [6.45, 7) is 1.02. The van der Waals surface area contributed by atoms with E-state index in [2.05, 4.69) is 11.4 Å². The molecule has 1 saturated heterocycles. The van der Waals surface area contributed by atoms with Crippen molar-refractivity contribution in [2.24, 2.45) is 11.8 Å². The molecule has 0 radical (unpaired) electrons. The molecule has 1 aromatic rings. The fourth-order valence-corrected chi connectivity index (χ4v) is 3.13. The van der Waals surface area contributed by atoms with E-state index in [-0.39, 0.29) is 23.7 Å². The zero-order valence-electron chi connectivity index (χ0n) is 12.8. The molecule has 2 aliphatic rings. The third-order valence-electron chi connectivity index (χ3n) is 4.64. The molecule has 1 aromatic carbocycles. The van der Waals surface area contributed by atoms with E-state index < -0.39 is 17.8 Å². The lowest BCUT2D eigenvalue weighted by molar-refractivity contribution is -0.137. The third-order valence-corrected chi connectivity index (χ3v) is 4.64. The van der Waals surface area contributed by atoms with Crippen molar-refractivity contribution in [1.82, 2.24) is 5.32 Å². The van der Waals surface area contributed by atoms with Crippen LogP contribution in [0.25, 0.3) is 0 Å². The van der Waals surface area contributed by atoms with Crippen LogP contribution >= 0.6 is 0 Å². The molecule has 2 fully saturated rings. The van der Waals surface area contributed by atoms with Crippen LogP contribution in [0.1, 0.15) is 29.9 Å².